The van der Waals surface area contributed by atoms with Crippen LogP contribution in [0.3, 0.4) is 0 Å². The lowest BCUT2D eigenvalue weighted by atomic mass is 10.1. The van der Waals surface area contributed by atoms with Crippen molar-refractivity contribution in [2.75, 3.05) is 13.2 Å². The van der Waals surface area contributed by atoms with Crippen molar-refractivity contribution in [3.63, 3.8) is 0 Å². The lowest BCUT2D eigenvalue weighted by Gasteiger charge is -2.09. The van der Waals surface area contributed by atoms with Crippen molar-refractivity contribution in [3.05, 3.63) is 62.5 Å². The van der Waals surface area contributed by atoms with Crippen LogP contribution in [0, 0.1) is 0 Å². The van der Waals surface area contributed by atoms with Gasteiger partial charge in [0.05, 0.1) is 5.02 Å². The van der Waals surface area contributed by atoms with Gasteiger partial charge in [-0.1, -0.05) is 51.3 Å². The molecule has 23 heavy (non-hydrogen) atoms. The number of benzene rings is 2. The van der Waals surface area contributed by atoms with Crippen molar-refractivity contribution in [2.45, 2.75) is 12.8 Å². The molecule has 0 saturated heterocycles. The van der Waals surface area contributed by atoms with Crippen molar-refractivity contribution in [3.8, 4) is 5.75 Å². The number of halogens is 3. The van der Waals surface area contributed by atoms with E-state index in [1.807, 2.05) is 30.3 Å². The van der Waals surface area contributed by atoms with Crippen LogP contribution in [0.1, 0.15) is 12.0 Å². The highest BCUT2D eigenvalue weighted by Gasteiger charge is 2.06. The van der Waals surface area contributed by atoms with Gasteiger partial charge in [-0.2, -0.15) is 0 Å². The molecule has 2 rings (SSSR count). The Hall–Kier alpha value is -1.23. The molecule has 0 aliphatic carbocycles. The van der Waals surface area contributed by atoms with Gasteiger partial charge in [0.25, 0.3) is 5.91 Å². The number of hydrogen-bond donors (Lipinski definition) is 1. The molecule has 1 N–H and O–H groups in total. The Morgan fingerprint density at radius 1 is 1.13 bits per heavy atom. The number of hydrogen-bond acceptors (Lipinski definition) is 2. The Balaban J connectivity index is 1.66. The largest absolute Gasteiger partial charge is 0.482 e. The topological polar surface area (TPSA) is 38.3 Å². The molecule has 0 fully saturated rings. The average molecular weight is 417 g/mol. The summed E-state index contributed by atoms with van der Waals surface area (Å²) in [5, 5.41) is 4.02. The van der Waals surface area contributed by atoms with Crippen molar-refractivity contribution >= 4 is 45.0 Å². The van der Waals surface area contributed by atoms with Crippen LogP contribution in [-0.4, -0.2) is 19.1 Å². The molecule has 1 amide bonds. The Labute approximate surface area is 154 Å². The average Bonchev–Trinajstić information content (AvgIpc) is 2.52. The molecule has 0 spiro atoms. The van der Waals surface area contributed by atoms with Gasteiger partial charge < -0.3 is 10.1 Å². The van der Waals surface area contributed by atoms with Gasteiger partial charge in [0.15, 0.2) is 6.61 Å². The van der Waals surface area contributed by atoms with E-state index in [-0.39, 0.29) is 12.5 Å². The predicted molar refractivity (Wildman–Crippen MR) is 97.4 cm³/mol. The Bertz CT molecular complexity index is 662. The van der Waals surface area contributed by atoms with E-state index in [2.05, 4.69) is 21.2 Å². The van der Waals surface area contributed by atoms with Crippen molar-refractivity contribution in [1.29, 1.82) is 0 Å². The molecule has 0 aromatic heterocycles. The summed E-state index contributed by atoms with van der Waals surface area (Å²) >= 11 is 15.2. The highest BCUT2D eigenvalue weighted by atomic mass is 79.9. The highest BCUT2D eigenvalue weighted by Crippen LogP contribution is 2.27. The zero-order valence-electron chi connectivity index (χ0n) is 12.3. The van der Waals surface area contributed by atoms with E-state index in [4.69, 9.17) is 27.9 Å². The molecule has 0 aliphatic heterocycles. The summed E-state index contributed by atoms with van der Waals surface area (Å²) in [6, 6.07) is 13.0. The van der Waals surface area contributed by atoms with E-state index in [1.165, 1.54) is 5.56 Å². The molecule has 2 aromatic rings. The molecule has 0 unspecified atom stereocenters. The molecular formula is C17H16BrCl2NO2. The number of amides is 1. The number of nitrogens with one attached hydrogen (secondary N) is 1. The third kappa shape index (κ3) is 6.42. The number of carbonyl (C=O) groups excluding carboxylic acids is 1. The molecular weight excluding hydrogens is 401 g/mol. The summed E-state index contributed by atoms with van der Waals surface area (Å²) < 4.78 is 6.27. The van der Waals surface area contributed by atoms with E-state index in [0.29, 0.717) is 17.3 Å². The minimum atomic E-state index is -0.167. The second kappa shape index (κ2) is 9.16. The Kier molecular flexibility index (Phi) is 7.21. The van der Waals surface area contributed by atoms with Crippen LogP contribution in [-0.2, 0) is 11.2 Å². The summed E-state index contributed by atoms with van der Waals surface area (Å²) in [5.41, 5.74) is 1.20. The summed E-state index contributed by atoms with van der Waals surface area (Å²) in [7, 11) is 0. The standard InChI is InChI=1S/C17H16BrCl2NO2/c18-13-5-8-16(15(20)10-13)23-11-17(22)21-9-1-2-12-3-6-14(19)7-4-12/h3-8,10H,1-2,9,11H2,(H,21,22). The van der Waals surface area contributed by atoms with Gasteiger partial charge in [-0.15, -0.1) is 0 Å². The third-order valence-corrected chi connectivity index (χ3v) is 4.17. The molecule has 0 atom stereocenters. The minimum Gasteiger partial charge on any atom is -0.482 e. The van der Waals surface area contributed by atoms with Gasteiger partial charge in [-0.05, 0) is 48.7 Å². The third-order valence-electron chi connectivity index (χ3n) is 3.13. The first-order chi connectivity index (χ1) is 11.0. The van der Waals surface area contributed by atoms with Gasteiger partial charge in [-0.3, -0.25) is 4.79 Å². The van der Waals surface area contributed by atoms with Crippen LogP contribution in [0.4, 0.5) is 0 Å². The normalized spacial score (nSPS) is 10.4. The lowest BCUT2D eigenvalue weighted by Crippen LogP contribution is -2.29. The smallest absolute Gasteiger partial charge is 0.257 e. The van der Waals surface area contributed by atoms with Crippen LogP contribution in [0.15, 0.2) is 46.9 Å². The molecule has 0 saturated carbocycles. The van der Waals surface area contributed by atoms with Gasteiger partial charge >= 0.3 is 0 Å². The molecule has 2 aromatic carbocycles. The van der Waals surface area contributed by atoms with Gasteiger partial charge in [0.1, 0.15) is 5.75 Å². The fourth-order valence-electron chi connectivity index (χ4n) is 1.96. The molecule has 0 bridgehead atoms. The molecule has 3 nitrogen and oxygen atoms in total. The van der Waals surface area contributed by atoms with Crippen LogP contribution >= 0.6 is 39.1 Å². The summed E-state index contributed by atoms with van der Waals surface area (Å²) in [4.78, 5) is 11.7. The lowest BCUT2D eigenvalue weighted by molar-refractivity contribution is -0.123. The SMILES string of the molecule is O=C(COc1ccc(Br)cc1Cl)NCCCc1ccc(Cl)cc1. The molecule has 6 heteroatoms. The number of rotatable bonds is 7. The Morgan fingerprint density at radius 3 is 2.57 bits per heavy atom. The maximum Gasteiger partial charge on any atom is 0.257 e. The van der Waals surface area contributed by atoms with Crippen molar-refractivity contribution in [1.82, 2.24) is 5.32 Å². The maximum absolute atomic E-state index is 11.7. The monoisotopic (exact) mass is 415 g/mol. The highest BCUT2D eigenvalue weighted by molar-refractivity contribution is 9.10. The maximum atomic E-state index is 11.7. The van der Waals surface area contributed by atoms with Gasteiger partial charge in [-0.25, -0.2) is 0 Å². The minimum absolute atomic E-state index is 0.0533. The summed E-state index contributed by atoms with van der Waals surface area (Å²) in [6.07, 6.45) is 1.74. The first kappa shape index (κ1) is 18.1. The van der Waals surface area contributed by atoms with Crippen molar-refractivity contribution in [2.24, 2.45) is 0 Å². The zero-order chi connectivity index (χ0) is 16.7. The van der Waals surface area contributed by atoms with E-state index in [9.17, 15) is 4.79 Å². The van der Waals surface area contributed by atoms with E-state index < -0.39 is 0 Å². The van der Waals surface area contributed by atoms with Gasteiger partial charge in [0.2, 0.25) is 0 Å². The van der Waals surface area contributed by atoms with Crippen molar-refractivity contribution < 1.29 is 9.53 Å². The Morgan fingerprint density at radius 2 is 1.87 bits per heavy atom. The number of aryl methyl sites for hydroxylation is 1. The van der Waals surface area contributed by atoms with E-state index in [1.54, 1.807) is 12.1 Å². The van der Waals surface area contributed by atoms with Crippen LogP contribution in [0.5, 0.6) is 5.75 Å². The summed E-state index contributed by atoms with van der Waals surface area (Å²) in [6.45, 7) is 0.543. The second-order valence-corrected chi connectivity index (χ2v) is 6.70. The summed E-state index contributed by atoms with van der Waals surface area (Å²) in [5.74, 6) is 0.325. The van der Waals surface area contributed by atoms with E-state index >= 15 is 0 Å². The van der Waals surface area contributed by atoms with Crippen LogP contribution in [0.2, 0.25) is 10.0 Å². The second-order valence-electron chi connectivity index (χ2n) is 4.94. The molecule has 0 aliphatic rings. The molecule has 0 heterocycles. The number of ether oxygens (including phenoxy) is 1. The van der Waals surface area contributed by atoms with E-state index in [0.717, 1.165) is 22.3 Å². The number of carbonyl (C=O) groups is 1. The van der Waals surface area contributed by atoms with Crippen LogP contribution < -0.4 is 10.1 Å². The van der Waals surface area contributed by atoms with Crippen LogP contribution in [0.25, 0.3) is 0 Å². The predicted octanol–water partition coefficient (Wildman–Crippen LogP) is 4.88. The fraction of sp³-hybridized carbons (Fsp3) is 0.235. The van der Waals surface area contributed by atoms with Gasteiger partial charge in [0, 0.05) is 16.0 Å². The molecule has 0 radical (unpaired) electrons. The fourth-order valence-corrected chi connectivity index (χ4v) is 2.81. The quantitative estimate of drug-likeness (QED) is 0.653. The zero-order valence-corrected chi connectivity index (χ0v) is 15.4. The first-order valence-electron chi connectivity index (χ1n) is 7.13. The molecule has 122 valence electrons. The first-order valence-corrected chi connectivity index (χ1v) is 8.68.